The zero-order chi connectivity index (χ0) is 13.8. The highest BCUT2D eigenvalue weighted by atomic mass is 32.1. The first-order valence-electron chi connectivity index (χ1n) is 5.60. The zero-order valence-electron chi connectivity index (χ0n) is 10.2. The second-order valence-corrected chi connectivity index (χ2v) is 4.46. The van der Waals surface area contributed by atoms with Crippen molar-refractivity contribution in [2.45, 2.75) is 13.0 Å². The molecule has 0 aliphatic rings. The third-order valence-corrected chi connectivity index (χ3v) is 2.73. The Morgan fingerprint density at radius 3 is 2.79 bits per heavy atom. The molecule has 0 radical (unpaired) electrons. The molecule has 0 spiro atoms. The summed E-state index contributed by atoms with van der Waals surface area (Å²) in [6.07, 6.45) is 0.216. The van der Waals surface area contributed by atoms with E-state index in [1.807, 2.05) is 0 Å². The number of benzene rings is 1. The van der Waals surface area contributed by atoms with Gasteiger partial charge in [-0.05, 0) is 17.7 Å². The Kier molecular flexibility index (Phi) is 4.34. The van der Waals surface area contributed by atoms with Crippen molar-refractivity contribution in [3.8, 4) is 0 Å². The lowest BCUT2D eigenvalue weighted by Crippen LogP contribution is -2.03. The molecule has 2 rings (SSSR count). The van der Waals surface area contributed by atoms with Gasteiger partial charge in [0, 0.05) is 25.3 Å². The first kappa shape index (κ1) is 13.8. The summed E-state index contributed by atoms with van der Waals surface area (Å²) in [5.74, 6) is -0.682. The van der Waals surface area contributed by atoms with Gasteiger partial charge in [0.2, 0.25) is 0 Å². The summed E-state index contributed by atoms with van der Waals surface area (Å²) in [5, 5.41) is 0. The molecule has 1 heterocycles. The number of nitrogens with one attached hydrogen (secondary N) is 1. The summed E-state index contributed by atoms with van der Waals surface area (Å²) >= 11 is 5.03. The first-order valence-corrected chi connectivity index (χ1v) is 6.01. The molecule has 1 N–H and O–H groups in total. The zero-order valence-corrected chi connectivity index (χ0v) is 11.1. The van der Waals surface area contributed by atoms with Gasteiger partial charge in [-0.3, -0.25) is 0 Å². The Balaban J connectivity index is 2.30. The maximum atomic E-state index is 13.6. The largest absolute Gasteiger partial charge is 0.378 e. The maximum Gasteiger partial charge on any atom is 0.130 e. The molecule has 0 unspecified atom stereocenters. The summed E-state index contributed by atoms with van der Waals surface area (Å²) in [7, 11) is 1.57. The van der Waals surface area contributed by atoms with Crippen molar-refractivity contribution in [2.75, 3.05) is 7.11 Å². The number of hydrogen-bond donors (Lipinski definition) is 1. The Hall–Kier alpha value is -1.66. The molecule has 1 aromatic carbocycles. The highest BCUT2D eigenvalue weighted by molar-refractivity contribution is 7.71. The number of nitrogens with zero attached hydrogens (tertiary/aromatic N) is 1. The number of ether oxygens (including phenoxy) is 1. The average Bonchev–Trinajstić information content (AvgIpc) is 2.32. The van der Waals surface area contributed by atoms with Gasteiger partial charge in [-0.2, -0.15) is 0 Å². The van der Waals surface area contributed by atoms with Gasteiger partial charge in [-0.15, -0.1) is 0 Å². The van der Waals surface area contributed by atoms with E-state index in [2.05, 4.69) is 9.97 Å². The van der Waals surface area contributed by atoms with E-state index in [1.54, 1.807) is 13.2 Å². The van der Waals surface area contributed by atoms with Crippen molar-refractivity contribution >= 4 is 12.2 Å². The highest BCUT2D eigenvalue weighted by Crippen LogP contribution is 2.13. The number of methoxy groups -OCH3 is 1. The predicted molar refractivity (Wildman–Crippen MR) is 69.3 cm³/mol. The molecule has 0 saturated carbocycles. The van der Waals surface area contributed by atoms with Crippen LogP contribution in [0.2, 0.25) is 0 Å². The monoisotopic (exact) mass is 282 g/mol. The molecular weight excluding hydrogens is 270 g/mol. The van der Waals surface area contributed by atoms with Crippen LogP contribution in [-0.2, 0) is 17.8 Å². The van der Waals surface area contributed by atoms with Crippen molar-refractivity contribution in [2.24, 2.45) is 0 Å². The molecule has 100 valence electrons. The summed E-state index contributed by atoms with van der Waals surface area (Å²) in [5.41, 5.74) is 1.12. The van der Waals surface area contributed by atoms with E-state index in [4.69, 9.17) is 17.0 Å². The minimum atomic E-state index is -0.602. The van der Waals surface area contributed by atoms with Gasteiger partial charge in [0.25, 0.3) is 0 Å². The number of halogens is 2. The number of aromatic nitrogens is 2. The van der Waals surface area contributed by atoms with Gasteiger partial charge >= 0.3 is 0 Å². The van der Waals surface area contributed by atoms with Crippen LogP contribution < -0.4 is 0 Å². The lowest BCUT2D eigenvalue weighted by molar-refractivity contribution is 0.181. The summed E-state index contributed by atoms with van der Waals surface area (Å²) in [6.45, 7) is 0.366. The van der Waals surface area contributed by atoms with Crippen LogP contribution in [0, 0.1) is 16.3 Å². The van der Waals surface area contributed by atoms with Gasteiger partial charge in [-0.1, -0.05) is 18.3 Å². The van der Waals surface area contributed by atoms with Gasteiger partial charge in [0.1, 0.15) is 22.1 Å². The van der Waals surface area contributed by atoms with Crippen molar-refractivity contribution in [3.63, 3.8) is 0 Å². The van der Waals surface area contributed by atoms with Gasteiger partial charge in [0.05, 0.1) is 6.61 Å². The Morgan fingerprint density at radius 2 is 2.11 bits per heavy atom. The Labute approximate surface area is 114 Å². The average molecular weight is 282 g/mol. The second kappa shape index (κ2) is 5.99. The topological polar surface area (TPSA) is 37.9 Å². The van der Waals surface area contributed by atoms with E-state index < -0.39 is 11.6 Å². The van der Waals surface area contributed by atoms with Crippen molar-refractivity contribution < 1.29 is 13.5 Å². The molecule has 0 aliphatic carbocycles. The van der Waals surface area contributed by atoms with Crippen LogP contribution in [0.15, 0.2) is 24.3 Å². The predicted octanol–water partition coefficient (Wildman–Crippen LogP) is 3.15. The molecule has 0 saturated heterocycles. The SMILES string of the molecule is COCc1cc(=S)nc(Cc2ccc(F)cc2F)[nH]1. The molecule has 2 aromatic rings. The van der Waals surface area contributed by atoms with Crippen LogP contribution in [0.5, 0.6) is 0 Å². The molecule has 0 aliphatic heterocycles. The second-order valence-electron chi connectivity index (χ2n) is 4.04. The minimum absolute atomic E-state index is 0.216. The lowest BCUT2D eigenvalue weighted by Gasteiger charge is -2.06. The fraction of sp³-hybridized carbons (Fsp3) is 0.231. The van der Waals surface area contributed by atoms with Crippen molar-refractivity contribution in [1.29, 1.82) is 0 Å². The molecule has 1 aromatic heterocycles. The molecule has 0 fully saturated rings. The molecule has 0 atom stereocenters. The third-order valence-electron chi connectivity index (χ3n) is 2.52. The minimum Gasteiger partial charge on any atom is -0.378 e. The first-order chi connectivity index (χ1) is 9.08. The van der Waals surface area contributed by atoms with Crippen molar-refractivity contribution in [3.05, 3.63) is 57.6 Å². The number of rotatable bonds is 4. The molecule has 6 heteroatoms. The lowest BCUT2D eigenvalue weighted by atomic mass is 10.1. The van der Waals surface area contributed by atoms with E-state index in [0.717, 1.165) is 11.8 Å². The van der Waals surface area contributed by atoms with Gasteiger partial charge in [-0.25, -0.2) is 13.8 Å². The molecule has 0 bridgehead atoms. The van der Waals surface area contributed by atoms with Crippen LogP contribution in [0.25, 0.3) is 0 Å². The van der Waals surface area contributed by atoms with E-state index >= 15 is 0 Å². The van der Waals surface area contributed by atoms with Crippen LogP contribution in [0.3, 0.4) is 0 Å². The molecule has 0 amide bonds. The number of hydrogen-bond acceptors (Lipinski definition) is 3. The quantitative estimate of drug-likeness (QED) is 0.875. The van der Waals surface area contributed by atoms with Crippen LogP contribution in [0.1, 0.15) is 17.1 Å². The van der Waals surface area contributed by atoms with E-state index in [0.29, 0.717) is 22.6 Å². The number of aromatic amines is 1. The summed E-state index contributed by atoms with van der Waals surface area (Å²) in [4.78, 5) is 7.13. The summed E-state index contributed by atoms with van der Waals surface area (Å²) in [6, 6.07) is 5.14. The molecule has 19 heavy (non-hydrogen) atoms. The smallest absolute Gasteiger partial charge is 0.130 e. The Bertz CT molecular complexity index is 643. The van der Waals surface area contributed by atoms with Crippen LogP contribution in [-0.4, -0.2) is 17.1 Å². The fourth-order valence-corrected chi connectivity index (χ4v) is 1.98. The fourth-order valence-electron chi connectivity index (χ4n) is 1.73. The molecule has 3 nitrogen and oxygen atoms in total. The number of H-pyrrole nitrogens is 1. The maximum absolute atomic E-state index is 13.6. The van der Waals surface area contributed by atoms with Crippen LogP contribution in [0.4, 0.5) is 8.78 Å². The normalized spacial score (nSPS) is 10.7. The highest BCUT2D eigenvalue weighted by Gasteiger charge is 2.07. The van der Waals surface area contributed by atoms with Gasteiger partial charge < -0.3 is 9.72 Å². The van der Waals surface area contributed by atoms with Crippen LogP contribution >= 0.6 is 12.2 Å². The third kappa shape index (κ3) is 3.65. The van der Waals surface area contributed by atoms with Gasteiger partial charge in [0.15, 0.2) is 0 Å². The van der Waals surface area contributed by atoms with E-state index in [1.165, 1.54) is 12.1 Å². The molecular formula is C13H12F2N2OS. The standard InChI is InChI=1S/C13H12F2N2OS/c1-18-7-10-6-13(19)17-12(16-10)4-8-2-3-9(14)5-11(8)15/h2-3,5-6H,4,7H2,1H3,(H,16,17,19). The Morgan fingerprint density at radius 1 is 1.32 bits per heavy atom. The van der Waals surface area contributed by atoms with E-state index in [-0.39, 0.29) is 6.42 Å². The van der Waals surface area contributed by atoms with Crippen molar-refractivity contribution in [1.82, 2.24) is 9.97 Å². The van der Waals surface area contributed by atoms with E-state index in [9.17, 15) is 8.78 Å². The summed E-state index contributed by atoms with van der Waals surface area (Å²) < 4.78 is 31.8.